The van der Waals surface area contributed by atoms with Crippen molar-refractivity contribution >= 4 is 23.6 Å². The Morgan fingerprint density at radius 2 is 1.81 bits per heavy atom. The van der Waals surface area contributed by atoms with Crippen LogP contribution in [0.15, 0.2) is 11.6 Å². The van der Waals surface area contributed by atoms with E-state index in [1.165, 1.54) is 5.57 Å². The lowest BCUT2D eigenvalue weighted by atomic mass is 9.47. The van der Waals surface area contributed by atoms with Gasteiger partial charge in [0.15, 0.2) is 5.78 Å². The number of aliphatic carboxylic acids is 1. The third-order valence-corrected chi connectivity index (χ3v) is 10.0. The van der Waals surface area contributed by atoms with Crippen molar-refractivity contribution in [1.29, 1.82) is 0 Å². The molecule has 0 saturated heterocycles. The second kappa shape index (κ2) is 10.3. The number of nitrogens with one attached hydrogen (secondary N) is 1. The van der Waals surface area contributed by atoms with Crippen LogP contribution in [0.2, 0.25) is 0 Å². The van der Waals surface area contributed by atoms with Crippen molar-refractivity contribution in [3.8, 4) is 0 Å². The molecule has 2 N–H and O–H groups in total. The molecular weight excluding hydrogens is 458 g/mol. The monoisotopic (exact) mass is 501 g/mol. The van der Waals surface area contributed by atoms with Crippen LogP contribution in [0.25, 0.3) is 0 Å². The number of amides is 1. The van der Waals surface area contributed by atoms with Gasteiger partial charge in [-0.2, -0.15) is 0 Å². The van der Waals surface area contributed by atoms with Crippen LogP contribution in [0, 0.1) is 34.5 Å². The molecule has 0 spiro atoms. The standard InChI is InChI=1S/C29H43NO6/c1-17(2)15-23(27(34)35)30-25(32)9-10-26(33)36-24-8-7-21-20-6-5-18-16-19(31)11-13-28(18,3)22(20)12-14-29(21,24)4/h16-17,20-24H,5-15H2,1-4H3,(H,30,32)(H,34,35)/t20-,21+,22-,23+,24+,28+,29+/m1/s1. The van der Waals surface area contributed by atoms with Gasteiger partial charge in [0.2, 0.25) is 5.91 Å². The normalized spacial score (nSPS) is 36.2. The van der Waals surface area contributed by atoms with Gasteiger partial charge in [-0.1, -0.05) is 33.3 Å². The van der Waals surface area contributed by atoms with Crippen LogP contribution in [0.1, 0.15) is 98.3 Å². The zero-order chi connectivity index (χ0) is 26.3. The molecule has 3 saturated carbocycles. The maximum Gasteiger partial charge on any atom is 0.326 e. The van der Waals surface area contributed by atoms with Crippen LogP contribution < -0.4 is 5.32 Å². The van der Waals surface area contributed by atoms with E-state index in [0.29, 0.717) is 30.6 Å². The van der Waals surface area contributed by atoms with Crippen molar-refractivity contribution in [3.63, 3.8) is 0 Å². The van der Waals surface area contributed by atoms with E-state index in [1.807, 2.05) is 19.9 Å². The first-order valence-corrected chi connectivity index (χ1v) is 13.9. The topological polar surface area (TPSA) is 110 Å². The van der Waals surface area contributed by atoms with Gasteiger partial charge < -0.3 is 15.2 Å². The number of hydrogen-bond acceptors (Lipinski definition) is 5. The Kier molecular flexibility index (Phi) is 7.68. The summed E-state index contributed by atoms with van der Waals surface area (Å²) in [6.07, 6.45) is 9.81. The summed E-state index contributed by atoms with van der Waals surface area (Å²) in [5, 5.41) is 11.9. The molecule has 0 radical (unpaired) electrons. The average Bonchev–Trinajstić information content (AvgIpc) is 3.13. The molecule has 0 aromatic heterocycles. The Labute approximate surface area is 214 Å². The molecule has 36 heavy (non-hydrogen) atoms. The fourth-order valence-corrected chi connectivity index (χ4v) is 8.10. The van der Waals surface area contributed by atoms with Crippen LogP contribution in [0.3, 0.4) is 0 Å². The minimum atomic E-state index is -1.06. The molecule has 7 nitrogen and oxygen atoms in total. The van der Waals surface area contributed by atoms with Gasteiger partial charge in [-0.25, -0.2) is 4.79 Å². The number of fused-ring (bicyclic) bond motifs is 5. The van der Waals surface area contributed by atoms with Crippen molar-refractivity contribution in [2.45, 2.75) is 110 Å². The summed E-state index contributed by atoms with van der Waals surface area (Å²) in [7, 11) is 0. The minimum Gasteiger partial charge on any atom is -0.480 e. The molecule has 7 atom stereocenters. The molecule has 4 rings (SSSR count). The number of allylic oxidation sites excluding steroid dienone is 1. The molecule has 7 heteroatoms. The van der Waals surface area contributed by atoms with Gasteiger partial charge in [0, 0.05) is 18.3 Å². The fraction of sp³-hybridized carbons (Fsp3) is 0.793. The number of ketones is 1. The van der Waals surface area contributed by atoms with Crippen molar-refractivity contribution in [2.75, 3.05) is 0 Å². The highest BCUT2D eigenvalue weighted by atomic mass is 16.5. The smallest absolute Gasteiger partial charge is 0.326 e. The van der Waals surface area contributed by atoms with Crippen LogP contribution in [0.5, 0.6) is 0 Å². The molecule has 4 aliphatic carbocycles. The summed E-state index contributed by atoms with van der Waals surface area (Å²) in [6, 6.07) is -0.937. The van der Waals surface area contributed by atoms with Gasteiger partial charge in [-0.3, -0.25) is 14.4 Å². The average molecular weight is 502 g/mol. The van der Waals surface area contributed by atoms with Crippen LogP contribution in [-0.2, 0) is 23.9 Å². The highest BCUT2D eigenvalue weighted by Gasteiger charge is 2.59. The number of esters is 1. The van der Waals surface area contributed by atoms with Gasteiger partial charge in [0.05, 0.1) is 6.42 Å². The van der Waals surface area contributed by atoms with E-state index < -0.39 is 17.9 Å². The second-order valence-electron chi connectivity index (χ2n) is 12.7. The molecule has 4 aliphatic rings. The molecule has 3 fully saturated rings. The Morgan fingerprint density at radius 1 is 1.06 bits per heavy atom. The van der Waals surface area contributed by atoms with E-state index in [4.69, 9.17) is 4.74 Å². The molecular formula is C29H43NO6. The second-order valence-corrected chi connectivity index (χ2v) is 12.7. The fourth-order valence-electron chi connectivity index (χ4n) is 8.10. The summed E-state index contributed by atoms with van der Waals surface area (Å²) in [6.45, 7) is 8.47. The lowest BCUT2D eigenvalue weighted by Crippen LogP contribution is -2.51. The Balaban J connectivity index is 1.33. The van der Waals surface area contributed by atoms with Gasteiger partial charge in [-0.05, 0) is 86.5 Å². The van der Waals surface area contributed by atoms with Crippen LogP contribution in [-0.4, -0.2) is 40.9 Å². The molecule has 0 heterocycles. The van der Waals surface area contributed by atoms with E-state index in [2.05, 4.69) is 19.2 Å². The maximum absolute atomic E-state index is 12.7. The van der Waals surface area contributed by atoms with E-state index in [9.17, 15) is 24.3 Å². The van der Waals surface area contributed by atoms with Gasteiger partial charge in [0.25, 0.3) is 0 Å². The highest BCUT2D eigenvalue weighted by Crippen LogP contribution is 2.65. The molecule has 200 valence electrons. The predicted molar refractivity (Wildman–Crippen MR) is 135 cm³/mol. The van der Waals surface area contributed by atoms with Gasteiger partial charge >= 0.3 is 11.9 Å². The maximum atomic E-state index is 12.7. The lowest BCUT2D eigenvalue weighted by molar-refractivity contribution is -0.160. The quantitative estimate of drug-likeness (QED) is 0.461. The minimum absolute atomic E-state index is 0.0383. The number of carboxylic acid groups (broad SMARTS) is 1. The van der Waals surface area contributed by atoms with Crippen LogP contribution in [0.4, 0.5) is 0 Å². The SMILES string of the molecule is CC(C)C[C@H](NC(=O)CCC(=O)O[C@H]1CC[C@H]2[C@H]3CCC4=CC(=O)CC[C@]4(C)[C@@H]3CC[C@]12C)C(=O)O. The Morgan fingerprint density at radius 3 is 2.50 bits per heavy atom. The highest BCUT2D eigenvalue weighted by molar-refractivity contribution is 5.91. The molecule has 0 aliphatic heterocycles. The summed E-state index contributed by atoms with van der Waals surface area (Å²) in [5.41, 5.74) is 1.44. The van der Waals surface area contributed by atoms with Crippen molar-refractivity contribution in [3.05, 3.63) is 11.6 Å². The van der Waals surface area contributed by atoms with Gasteiger partial charge in [0.1, 0.15) is 12.1 Å². The molecule has 0 unspecified atom stereocenters. The van der Waals surface area contributed by atoms with E-state index in [1.54, 1.807) is 0 Å². The first-order valence-electron chi connectivity index (χ1n) is 13.9. The van der Waals surface area contributed by atoms with Crippen molar-refractivity contribution < 1.29 is 29.0 Å². The molecule has 0 bridgehead atoms. The molecule has 1 amide bonds. The van der Waals surface area contributed by atoms with Crippen LogP contribution >= 0.6 is 0 Å². The number of carboxylic acids is 1. The summed E-state index contributed by atoms with van der Waals surface area (Å²) >= 11 is 0. The summed E-state index contributed by atoms with van der Waals surface area (Å²) in [4.78, 5) is 48.4. The van der Waals surface area contributed by atoms with E-state index in [-0.39, 0.29) is 47.4 Å². The third kappa shape index (κ3) is 5.12. The number of carbonyl (C=O) groups excluding carboxylic acids is 3. The summed E-state index contributed by atoms with van der Waals surface area (Å²) in [5.74, 6) is 0.263. The largest absolute Gasteiger partial charge is 0.480 e. The van der Waals surface area contributed by atoms with E-state index >= 15 is 0 Å². The molecule has 0 aromatic carbocycles. The number of ether oxygens (including phenoxy) is 1. The predicted octanol–water partition coefficient (Wildman–Crippen LogP) is 4.83. The zero-order valence-corrected chi connectivity index (χ0v) is 22.3. The lowest BCUT2D eigenvalue weighted by Gasteiger charge is -2.57. The van der Waals surface area contributed by atoms with Gasteiger partial charge in [-0.15, -0.1) is 0 Å². The Hall–Kier alpha value is -2.18. The number of rotatable bonds is 8. The molecule has 0 aromatic rings. The summed E-state index contributed by atoms with van der Waals surface area (Å²) < 4.78 is 5.99. The van der Waals surface area contributed by atoms with Crippen molar-refractivity contribution in [1.82, 2.24) is 5.32 Å². The first-order chi connectivity index (χ1) is 16.9. The third-order valence-electron chi connectivity index (χ3n) is 10.0. The zero-order valence-electron chi connectivity index (χ0n) is 22.3. The number of hydrogen-bond donors (Lipinski definition) is 2. The van der Waals surface area contributed by atoms with E-state index in [0.717, 1.165) is 44.9 Å². The Bertz CT molecular complexity index is 940. The first kappa shape index (κ1) is 26.9. The van der Waals surface area contributed by atoms with Crippen molar-refractivity contribution in [2.24, 2.45) is 34.5 Å². The number of carbonyl (C=O) groups is 4.